The largest absolute Gasteiger partial charge is 0.357 e. The Morgan fingerprint density at radius 1 is 1.47 bits per heavy atom. The number of hydrogen-bond acceptors (Lipinski definition) is 5. The Balaban J connectivity index is 2.24. The predicted molar refractivity (Wildman–Crippen MR) is 64.4 cm³/mol. The van der Waals surface area contributed by atoms with Crippen molar-refractivity contribution in [1.29, 1.82) is 0 Å². The molecular formula is C9H14BrN5. The summed E-state index contributed by atoms with van der Waals surface area (Å²) < 4.78 is 0.948. The minimum absolute atomic E-state index is 0.659. The highest BCUT2D eigenvalue weighted by Gasteiger charge is 2.15. The average molecular weight is 272 g/mol. The number of anilines is 2. The van der Waals surface area contributed by atoms with Gasteiger partial charge in [-0.1, -0.05) is 0 Å². The number of nitrogens with zero attached hydrogens (tertiary/aromatic N) is 3. The molecule has 15 heavy (non-hydrogen) atoms. The summed E-state index contributed by atoms with van der Waals surface area (Å²) in [6, 6.07) is 0. The molecule has 2 N–H and O–H groups in total. The van der Waals surface area contributed by atoms with Crippen molar-refractivity contribution in [2.45, 2.75) is 0 Å². The molecule has 6 heteroatoms. The first kappa shape index (κ1) is 10.6. The van der Waals surface area contributed by atoms with Crippen LogP contribution in [0.25, 0.3) is 0 Å². The third kappa shape index (κ3) is 2.38. The van der Waals surface area contributed by atoms with Gasteiger partial charge in [0.25, 0.3) is 0 Å². The highest BCUT2D eigenvalue weighted by molar-refractivity contribution is 9.10. The van der Waals surface area contributed by atoms with Crippen LogP contribution in [0.2, 0.25) is 0 Å². The molecule has 0 amide bonds. The second-order valence-electron chi connectivity index (χ2n) is 3.35. The summed E-state index contributed by atoms with van der Waals surface area (Å²) in [4.78, 5) is 10.8. The fourth-order valence-electron chi connectivity index (χ4n) is 1.58. The molecule has 1 fully saturated rings. The van der Waals surface area contributed by atoms with Gasteiger partial charge in [0.1, 0.15) is 5.82 Å². The van der Waals surface area contributed by atoms with Gasteiger partial charge in [-0.2, -0.15) is 4.98 Å². The average Bonchev–Trinajstić information content (AvgIpc) is 2.31. The van der Waals surface area contributed by atoms with Crippen LogP contribution < -0.4 is 15.5 Å². The van der Waals surface area contributed by atoms with Gasteiger partial charge in [0.15, 0.2) is 0 Å². The maximum absolute atomic E-state index is 4.44. The summed E-state index contributed by atoms with van der Waals surface area (Å²) in [6.07, 6.45) is 1.79. The Morgan fingerprint density at radius 2 is 2.20 bits per heavy atom. The normalized spacial score (nSPS) is 16.5. The van der Waals surface area contributed by atoms with Gasteiger partial charge in [0.2, 0.25) is 5.95 Å². The van der Waals surface area contributed by atoms with Gasteiger partial charge in [-0.05, 0) is 15.9 Å². The van der Waals surface area contributed by atoms with E-state index in [9.17, 15) is 0 Å². The molecule has 0 radical (unpaired) electrons. The van der Waals surface area contributed by atoms with Crippen LogP contribution in [0.4, 0.5) is 11.8 Å². The van der Waals surface area contributed by atoms with Gasteiger partial charge >= 0.3 is 0 Å². The standard InChI is InChI=1S/C9H14BrN5/c1-11-9-13-6-7(10)8(14-9)15-4-2-12-3-5-15/h6,12H,2-5H2,1H3,(H,11,13,14). The first-order valence-electron chi connectivity index (χ1n) is 4.97. The van der Waals surface area contributed by atoms with E-state index in [1.807, 2.05) is 7.05 Å². The molecule has 5 nitrogen and oxygen atoms in total. The summed E-state index contributed by atoms with van der Waals surface area (Å²) in [5.74, 6) is 1.63. The maximum atomic E-state index is 4.44. The molecule has 1 aliphatic rings. The lowest BCUT2D eigenvalue weighted by Crippen LogP contribution is -2.44. The van der Waals surface area contributed by atoms with Crippen LogP contribution in [-0.2, 0) is 0 Å². The molecule has 2 heterocycles. The Morgan fingerprint density at radius 3 is 2.87 bits per heavy atom. The summed E-state index contributed by atoms with van der Waals surface area (Å²) in [6.45, 7) is 3.98. The first-order valence-corrected chi connectivity index (χ1v) is 5.76. The van der Waals surface area contributed by atoms with Crippen LogP contribution in [0.1, 0.15) is 0 Å². The van der Waals surface area contributed by atoms with Crippen molar-refractivity contribution in [3.8, 4) is 0 Å². The summed E-state index contributed by atoms with van der Waals surface area (Å²) >= 11 is 3.48. The van der Waals surface area contributed by atoms with E-state index >= 15 is 0 Å². The van der Waals surface area contributed by atoms with Crippen LogP contribution >= 0.6 is 15.9 Å². The van der Waals surface area contributed by atoms with Crippen molar-refractivity contribution >= 4 is 27.7 Å². The van der Waals surface area contributed by atoms with Crippen LogP contribution in [0.5, 0.6) is 0 Å². The lowest BCUT2D eigenvalue weighted by atomic mass is 10.3. The minimum atomic E-state index is 0.659. The fourth-order valence-corrected chi connectivity index (χ4v) is 2.02. The van der Waals surface area contributed by atoms with Gasteiger partial charge in [-0.25, -0.2) is 4.98 Å². The van der Waals surface area contributed by atoms with E-state index in [2.05, 4.69) is 41.4 Å². The quantitative estimate of drug-likeness (QED) is 0.829. The van der Waals surface area contributed by atoms with Crippen LogP contribution in [0, 0.1) is 0 Å². The molecule has 0 spiro atoms. The molecule has 0 aromatic carbocycles. The number of halogens is 1. The number of aromatic nitrogens is 2. The molecule has 1 aliphatic heterocycles. The Hall–Kier alpha value is -0.880. The highest BCUT2D eigenvalue weighted by atomic mass is 79.9. The number of nitrogens with one attached hydrogen (secondary N) is 2. The van der Waals surface area contributed by atoms with Gasteiger partial charge in [-0.3, -0.25) is 0 Å². The summed E-state index contributed by atoms with van der Waals surface area (Å²) in [5, 5.41) is 6.26. The van der Waals surface area contributed by atoms with E-state index in [4.69, 9.17) is 0 Å². The molecule has 82 valence electrons. The Labute approximate surface area is 97.4 Å². The van der Waals surface area contributed by atoms with Crippen LogP contribution in [-0.4, -0.2) is 43.2 Å². The zero-order valence-electron chi connectivity index (χ0n) is 8.63. The Kier molecular flexibility index (Phi) is 3.37. The number of hydrogen-bond donors (Lipinski definition) is 2. The zero-order chi connectivity index (χ0) is 10.7. The molecule has 0 unspecified atom stereocenters. The van der Waals surface area contributed by atoms with E-state index < -0.39 is 0 Å². The topological polar surface area (TPSA) is 53.1 Å². The fraction of sp³-hybridized carbons (Fsp3) is 0.556. The zero-order valence-corrected chi connectivity index (χ0v) is 10.2. The van der Waals surface area contributed by atoms with Crippen molar-refractivity contribution in [2.75, 3.05) is 43.4 Å². The molecule has 0 aliphatic carbocycles. The number of piperazine rings is 1. The van der Waals surface area contributed by atoms with E-state index in [-0.39, 0.29) is 0 Å². The summed E-state index contributed by atoms with van der Waals surface area (Å²) in [7, 11) is 1.82. The highest BCUT2D eigenvalue weighted by Crippen LogP contribution is 2.24. The second kappa shape index (κ2) is 4.76. The summed E-state index contributed by atoms with van der Waals surface area (Å²) in [5.41, 5.74) is 0. The van der Waals surface area contributed by atoms with E-state index in [1.165, 1.54) is 0 Å². The molecule has 0 atom stereocenters. The van der Waals surface area contributed by atoms with Crippen molar-refractivity contribution < 1.29 is 0 Å². The maximum Gasteiger partial charge on any atom is 0.224 e. The molecular weight excluding hydrogens is 258 g/mol. The third-order valence-electron chi connectivity index (χ3n) is 2.37. The minimum Gasteiger partial charge on any atom is -0.357 e. The van der Waals surface area contributed by atoms with Crippen molar-refractivity contribution in [3.05, 3.63) is 10.7 Å². The molecule has 1 aromatic rings. The molecule has 1 aromatic heterocycles. The van der Waals surface area contributed by atoms with Gasteiger partial charge in [0.05, 0.1) is 4.47 Å². The predicted octanol–water partition coefficient (Wildman–Crippen LogP) is 0.690. The van der Waals surface area contributed by atoms with E-state index in [0.29, 0.717) is 5.95 Å². The molecule has 2 rings (SSSR count). The lowest BCUT2D eigenvalue weighted by Gasteiger charge is -2.29. The smallest absolute Gasteiger partial charge is 0.224 e. The van der Waals surface area contributed by atoms with Gasteiger partial charge in [0, 0.05) is 39.4 Å². The van der Waals surface area contributed by atoms with Crippen LogP contribution in [0.15, 0.2) is 10.7 Å². The monoisotopic (exact) mass is 271 g/mol. The van der Waals surface area contributed by atoms with Crippen molar-refractivity contribution in [3.63, 3.8) is 0 Å². The van der Waals surface area contributed by atoms with Gasteiger partial charge < -0.3 is 15.5 Å². The SMILES string of the molecule is CNc1ncc(Br)c(N2CCNCC2)n1. The Bertz CT molecular complexity index is 337. The van der Waals surface area contributed by atoms with E-state index in [1.54, 1.807) is 6.20 Å². The van der Waals surface area contributed by atoms with Crippen molar-refractivity contribution in [1.82, 2.24) is 15.3 Å². The molecule has 0 saturated carbocycles. The molecule has 0 bridgehead atoms. The lowest BCUT2D eigenvalue weighted by molar-refractivity contribution is 0.584. The van der Waals surface area contributed by atoms with E-state index in [0.717, 1.165) is 36.5 Å². The van der Waals surface area contributed by atoms with Crippen LogP contribution in [0.3, 0.4) is 0 Å². The number of rotatable bonds is 2. The second-order valence-corrected chi connectivity index (χ2v) is 4.21. The first-order chi connectivity index (χ1) is 7.31. The van der Waals surface area contributed by atoms with Gasteiger partial charge in [-0.15, -0.1) is 0 Å². The van der Waals surface area contributed by atoms with Crippen molar-refractivity contribution in [2.24, 2.45) is 0 Å². The molecule has 1 saturated heterocycles. The third-order valence-corrected chi connectivity index (χ3v) is 2.93.